The van der Waals surface area contributed by atoms with Gasteiger partial charge >= 0.3 is 0 Å². The van der Waals surface area contributed by atoms with Crippen molar-refractivity contribution >= 4 is 23.0 Å². The lowest BCUT2D eigenvalue weighted by Gasteiger charge is -2.10. The van der Waals surface area contributed by atoms with Gasteiger partial charge in [0.15, 0.2) is 17.5 Å². The van der Waals surface area contributed by atoms with Gasteiger partial charge in [-0.15, -0.1) is 11.3 Å². The standard InChI is InChI=1S/C21H22N4O2S/c1-14-19(28-20(24-14)15-6-3-2-4-7-15)13-23-21(22)25-16-8-9-17-18(12-16)27-11-5-10-26-17/h2-4,6-9,12H,5,10-11,13H2,1H3,(H3,22,23,25). The summed E-state index contributed by atoms with van der Waals surface area (Å²) in [5.74, 6) is 1.83. The minimum atomic E-state index is 0.351. The first kappa shape index (κ1) is 18.3. The van der Waals surface area contributed by atoms with Crippen LogP contribution < -0.4 is 20.5 Å². The Morgan fingerprint density at radius 3 is 2.75 bits per heavy atom. The Morgan fingerprint density at radius 1 is 1.14 bits per heavy atom. The maximum Gasteiger partial charge on any atom is 0.193 e. The third-order valence-electron chi connectivity index (χ3n) is 4.33. The van der Waals surface area contributed by atoms with Gasteiger partial charge in [-0.25, -0.2) is 9.98 Å². The first-order chi connectivity index (χ1) is 13.7. The second-order valence-corrected chi connectivity index (χ2v) is 7.52. The van der Waals surface area contributed by atoms with Gasteiger partial charge in [-0.1, -0.05) is 30.3 Å². The van der Waals surface area contributed by atoms with Crippen molar-refractivity contribution < 1.29 is 9.47 Å². The van der Waals surface area contributed by atoms with Crippen LogP contribution in [0.2, 0.25) is 0 Å². The van der Waals surface area contributed by atoms with Gasteiger partial charge in [0, 0.05) is 28.6 Å². The van der Waals surface area contributed by atoms with Crippen LogP contribution in [0.25, 0.3) is 10.6 Å². The van der Waals surface area contributed by atoms with E-state index >= 15 is 0 Å². The molecule has 0 unspecified atom stereocenters. The molecule has 6 nitrogen and oxygen atoms in total. The van der Waals surface area contributed by atoms with Crippen LogP contribution in [-0.4, -0.2) is 24.2 Å². The van der Waals surface area contributed by atoms with E-state index in [4.69, 9.17) is 15.2 Å². The fraction of sp³-hybridized carbons (Fsp3) is 0.238. The molecule has 1 aliphatic heterocycles. The first-order valence-corrected chi connectivity index (χ1v) is 9.99. The minimum absolute atomic E-state index is 0.351. The molecular formula is C21H22N4O2S. The van der Waals surface area contributed by atoms with Gasteiger partial charge in [0.2, 0.25) is 0 Å². The minimum Gasteiger partial charge on any atom is -0.490 e. The van der Waals surface area contributed by atoms with E-state index in [9.17, 15) is 0 Å². The molecule has 0 amide bonds. The molecule has 3 aromatic rings. The zero-order valence-electron chi connectivity index (χ0n) is 15.6. The van der Waals surface area contributed by atoms with Crippen LogP contribution in [0.5, 0.6) is 11.5 Å². The van der Waals surface area contributed by atoms with E-state index in [-0.39, 0.29) is 0 Å². The van der Waals surface area contributed by atoms with Crippen LogP contribution >= 0.6 is 11.3 Å². The highest BCUT2D eigenvalue weighted by Crippen LogP contribution is 2.32. The number of ether oxygens (including phenoxy) is 2. The van der Waals surface area contributed by atoms with Crippen LogP contribution in [0.15, 0.2) is 53.5 Å². The molecule has 0 atom stereocenters. The molecule has 4 rings (SSSR count). The maximum absolute atomic E-state index is 6.08. The van der Waals surface area contributed by atoms with Crippen molar-refractivity contribution in [2.75, 3.05) is 18.5 Å². The number of hydrogen-bond acceptors (Lipinski definition) is 5. The summed E-state index contributed by atoms with van der Waals surface area (Å²) in [5, 5.41) is 4.11. The van der Waals surface area contributed by atoms with Crippen LogP contribution in [-0.2, 0) is 6.54 Å². The third kappa shape index (κ3) is 4.26. The first-order valence-electron chi connectivity index (χ1n) is 9.17. The van der Waals surface area contributed by atoms with E-state index in [1.807, 2.05) is 43.3 Å². The number of hydrogen-bond donors (Lipinski definition) is 2. The molecule has 1 aromatic heterocycles. The van der Waals surface area contributed by atoms with Crippen molar-refractivity contribution in [1.82, 2.24) is 4.98 Å². The molecule has 0 bridgehead atoms. The number of rotatable bonds is 4. The summed E-state index contributed by atoms with van der Waals surface area (Å²) in [6.07, 6.45) is 0.875. The quantitative estimate of drug-likeness (QED) is 0.512. The molecule has 0 saturated heterocycles. The number of nitrogens with zero attached hydrogens (tertiary/aromatic N) is 2. The topological polar surface area (TPSA) is 81.8 Å². The summed E-state index contributed by atoms with van der Waals surface area (Å²) in [6, 6.07) is 15.8. The molecule has 0 fully saturated rings. The van der Waals surface area contributed by atoms with Crippen molar-refractivity contribution in [2.24, 2.45) is 10.7 Å². The van der Waals surface area contributed by atoms with Gasteiger partial charge in [-0.3, -0.25) is 0 Å². The molecule has 0 saturated carbocycles. The van der Waals surface area contributed by atoms with Gasteiger partial charge in [-0.05, 0) is 19.1 Å². The average Bonchev–Trinajstić information content (AvgIpc) is 2.93. The molecule has 144 valence electrons. The summed E-state index contributed by atoms with van der Waals surface area (Å²) >= 11 is 1.64. The second-order valence-electron chi connectivity index (χ2n) is 6.43. The maximum atomic E-state index is 6.08. The van der Waals surface area contributed by atoms with E-state index in [1.165, 1.54) is 0 Å². The smallest absolute Gasteiger partial charge is 0.193 e. The highest BCUT2D eigenvalue weighted by atomic mass is 32.1. The van der Waals surface area contributed by atoms with E-state index in [2.05, 4.69) is 27.4 Å². The van der Waals surface area contributed by atoms with Crippen LogP contribution in [0, 0.1) is 6.92 Å². The number of aromatic nitrogens is 1. The fourth-order valence-corrected chi connectivity index (χ4v) is 3.86. The van der Waals surface area contributed by atoms with Gasteiger partial charge in [0.05, 0.1) is 25.5 Å². The molecule has 7 heteroatoms. The summed E-state index contributed by atoms with van der Waals surface area (Å²) in [6.45, 7) is 3.80. The molecule has 3 N–H and O–H groups in total. The lowest BCUT2D eigenvalue weighted by atomic mass is 10.2. The number of aliphatic imine (C=N–C) groups is 1. The molecular weight excluding hydrogens is 372 g/mol. The van der Waals surface area contributed by atoms with Crippen molar-refractivity contribution in [2.45, 2.75) is 19.9 Å². The van der Waals surface area contributed by atoms with Crippen molar-refractivity contribution in [3.63, 3.8) is 0 Å². The summed E-state index contributed by atoms with van der Waals surface area (Å²) in [4.78, 5) is 10.2. The van der Waals surface area contributed by atoms with Crippen molar-refractivity contribution in [1.29, 1.82) is 0 Å². The van der Waals surface area contributed by atoms with Gasteiger partial charge in [0.1, 0.15) is 5.01 Å². The molecule has 0 spiro atoms. The lowest BCUT2D eigenvalue weighted by molar-refractivity contribution is 0.297. The molecule has 0 aliphatic carbocycles. The fourth-order valence-electron chi connectivity index (χ4n) is 2.86. The zero-order chi connectivity index (χ0) is 19.3. The van der Waals surface area contributed by atoms with Gasteiger partial charge in [0.25, 0.3) is 0 Å². The van der Waals surface area contributed by atoms with Crippen LogP contribution in [0.1, 0.15) is 17.0 Å². The Morgan fingerprint density at radius 2 is 1.93 bits per heavy atom. The van der Waals surface area contributed by atoms with Crippen LogP contribution in [0.4, 0.5) is 5.69 Å². The zero-order valence-corrected chi connectivity index (χ0v) is 16.5. The van der Waals surface area contributed by atoms with E-state index in [1.54, 1.807) is 11.3 Å². The Bertz CT molecular complexity index is 985. The predicted molar refractivity (Wildman–Crippen MR) is 113 cm³/mol. The lowest BCUT2D eigenvalue weighted by Crippen LogP contribution is -2.22. The molecule has 0 radical (unpaired) electrons. The monoisotopic (exact) mass is 394 g/mol. The SMILES string of the molecule is Cc1nc(-c2ccccc2)sc1CN=C(N)Nc1ccc2c(c1)OCCCO2. The van der Waals surface area contributed by atoms with Crippen molar-refractivity contribution in [3.8, 4) is 22.1 Å². The van der Waals surface area contributed by atoms with E-state index in [0.29, 0.717) is 25.7 Å². The van der Waals surface area contributed by atoms with Gasteiger partial charge < -0.3 is 20.5 Å². The normalized spacial score (nSPS) is 13.8. The highest BCUT2D eigenvalue weighted by molar-refractivity contribution is 7.15. The number of anilines is 1. The number of nitrogens with two attached hydrogens (primary N) is 1. The van der Waals surface area contributed by atoms with Gasteiger partial charge in [-0.2, -0.15) is 0 Å². The third-order valence-corrected chi connectivity index (χ3v) is 5.52. The number of fused-ring (bicyclic) bond motifs is 1. The Balaban J connectivity index is 1.44. The number of benzene rings is 2. The summed E-state index contributed by atoms with van der Waals surface area (Å²) < 4.78 is 11.4. The van der Waals surface area contributed by atoms with E-state index in [0.717, 1.165) is 44.7 Å². The molecule has 2 aromatic carbocycles. The molecule has 1 aliphatic rings. The Labute approximate surface area is 168 Å². The number of aryl methyl sites for hydroxylation is 1. The number of nitrogens with one attached hydrogen (secondary N) is 1. The predicted octanol–water partition coefficient (Wildman–Crippen LogP) is 4.21. The number of guanidine groups is 1. The van der Waals surface area contributed by atoms with E-state index < -0.39 is 0 Å². The Kier molecular flexibility index (Phi) is 5.43. The number of thiazole rings is 1. The molecule has 2 heterocycles. The summed E-state index contributed by atoms with van der Waals surface area (Å²) in [7, 11) is 0. The highest BCUT2D eigenvalue weighted by Gasteiger charge is 2.12. The van der Waals surface area contributed by atoms with Crippen LogP contribution in [0.3, 0.4) is 0 Å². The summed E-state index contributed by atoms with van der Waals surface area (Å²) in [5.41, 5.74) is 8.99. The Hall–Kier alpha value is -3.06. The molecule has 28 heavy (non-hydrogen) atoms. The average molecular weight is 395 g/mol. The van der Waals surface area contributed by atoms with Crippen molar-refractivity contribution in [3.05, 3.63) is 59.1 Å². The second kappa shape index (κ2) is 8.31. The largest absolute Gasteiger partial charge is 0.490 e.